The molecule has 26 heavy (non-hydrogen) atoms. The Bertz CT molecular complexity index is 956. The van der Waals surface area contributed by atoms with E-state index in [1.54, 1.807) is 18.2 Å². The molecule has 8 heteroatoms. The highest BCUT2D eigenvalue weighted by Gasteiger charge is 2.20. The third kappa shape index (κ3) is 4.20. The van der Waals surface area contributed by atoms with Crippen LogP contribution in [-0.4, -0.2) is 28.6 Å². The molecule has 0 heterocycles. The van der Waals surface area contributed by atoms with Gasteiger partial charge in [-0.25, -0.2) is 13.2 Å². The van der Waals surface area contributed by atoms with E-state index < -0.39 is 20.7 Å². The first kappa shape index (κ1) is 19.0. The van der Waals surface area contributed by atoms with Crippen LogP contribution >= 0.6 is 0 Å². The van der Waals surface area contributed by atoms with Crippen molar-refractivity contribution < 1.29 is 22.7 Å². The van der Waals surface area contributed by atoms with Gasteiger partial charge in [0.1, 0.15) is 11.8 Å². The zero-order valence-electron chi connectivity index (χ0n) is 14.1. The normalized spacial score (nSPS) is 11.3. The summed E-state index contributed by atoms with van der Waals surface area (Å²) in [6.45, 7) is 0. The summed E-state index contributed by atoms with van der Waals surface area (Å²) in [4.78, 5) is 10.9. The number of benzene rings is 2. The fourth-order valence-electron chi connectivity index (χ4n) is 2.02. The minimum atomic E-state index is -3.96. The lowest BCUT2D eigenvalue weighted by molar-refractivity contribution is 0.0600. The SMILES string of the molecule is COC(=O)c1ccc(N/C=C(/C#N)S(=O)(=O)c2ccc(OC)cc2)cc1. The van der Waals surface area contributed by atoms with Crippen molar-refractivity contribution in [2.75, 3.05) is 19.5 Å². The minimum absolute atomic E-state index is 0.0195. The first-order valence-electron chi connectivity index (χ1n) is 7.36. The number of nitrogens with one attached hydrogen (secondary N) is 1. The lowest BCUT2D eigenvalue weighted by atomic mass is 10.2. The Kier molecular flexibility index (Phi) is 5.98. The number of nitrogens with zero attached hydrogens (tertiary/aromatic N) is 1. The Morgan fingerprint density at radius 2 is 1.69 bits per heavy atom. The predicted octanol–water partition coefficient (Wildman–Crippen LogP) is 2.73. The van der Waals surface area contributed by atoms with Gasteiger partial charge in [-0.1, -0.05) is 0 Å². The Labute approximate surface area is 151 Å². The molecule has 0 atom stereocenters. The predicted molar refractivity (Wildman–Crippen MR) is 95.3 cm³/mol. The fraction of sp³-hybridized carbons (Fsp3) is 0.111. The van der Waals surface area contributed by atoms with Gasteiger partial charge in [0.05, 0.1) is 24.7 Å². The second kappa shape index (κ2) is 8.18. The van der Waals surface area contributed by atoms with Crippen molar-refractivity contribution in [3.8, 4) is 11.8 Å². The Balaban J connectivity index is 2.23. The van der Waals surface area contributed by atoms with Crippen molar-refractivity contribution in [2.24, 2.45) is 0 Å². The number of rotatable bonds is 6. The summed E-state index contributed by atoms with van der Waals surface area (Å²) in [5.74, 6) is 0.0298. The fourth-order valence-corrected chi connectivity index (χ4v) is 3.10. The summed E-state index contributed by atoms with van der Waals surface area (Å²) >= 11 is 0. The molecule has 0 unspecified atom stereocenters. The van der Waals surface area contributed by atoms with E-state index in [0.717, 1.165) is 6.20 Å². The summed E-state index contributed by atoms with van der Waals surface area (Å²) in [6, 6.07) is 13.6. The topological polar surface area (TPSA) is 105 Å². The van der Waals surface area contributed by atoms with Gasteiger partial charge in [-0.2, -0.15) is 5.26 Å². The van der Waals surface area contributed by atoms with Crippen molar-refractivity contribution >= 4 is 21.5 Å². The number of esters is 1. The number of carbonyl (C=O) groups is 1. The van der Waals surface area contributed by atoms with Crippen LogP contribution in [0.5, 0.6) is 5.75 Å². The van der Waals surface area contributed by atoms with Crippen LogP contribution in [0.4, 0.5) is 5.69 Å². The van der Waals surface area contributed by atoms with Crippen molar-refractivity contribution in [3.05, 3.63) is 65.2 Å². The molecule has 0 aromatic heterocycles. The van der Waals surface area contributed by atoms with Crippen LogP contribution in [0.25, 0.3) is 0 Å². The van der Waals surface area contributed by atoms with Crippen molar-refractivity contribution in [1.29, 1.82) is 5.26 Å². The maximum Gasteiger partial charge on any atom is 0.337 e. The standard InChI is InChI=1S/C18H16N2O5S/c1-24-15-7-9-16(10-8-15)26(22,23)17(11-19)12-20-14-5-3-13(4-6-14)18(21)25-2/h3-10,12,20H,1-2H3/b17-12-. The van der Waals surface area contributed by atoms with Crippen molar-refractivity contribution in [1.82, 2.24) is 0 Å². The molecule has 0 spiro atoms. The van der Waals surface area contributed by atoms with Gasteiger partial charge < -0.3 is 14.8 Å². The minimum Gasteiger partial charge on any atom is -0.497 e. The molecule has 2 aromatic carbocycles. The third-order valence-electron chi connectivity index (χ3n) is 3.45. The number of allylic oxidation sites excluding steroid dienone is 1. The van der Waals surface area contributed by atoms with Crippen LogP contribution in [0.1, 0.15) is 10.4 Å². The molecular weight excluding hydrogens is 356 g/mol. The van der Waals surface area contributed by atoms with Crippen LogP contribution in [0.2, 0.25) is 0 Å². The van der Waals surface area contributed by atoms with E-state index in [4.69, 9.17) is 4.74 Å². The Hall–Kier alpha value is -3.31. The summed E-state index contributed by atoms with van der Waals surface area (Å²) in [5, 5.41) is 12.0. The highest BCUT2D eigenvalue weighted by Crippen LogP contribution is 2.22. The molecule has 0 amide bonds. The zero-order chi connectivity index (χ0) is 19.2. The quantitative estimate of drug-likeness (QED) is 0.614. The number of hydrogen-bond acceptors (Lipinski definition) is 7. The molecule has 0 fully saturated rings. The summed E-state index contributed by atoms with van der Waals surface area (Å²) < 4.78 is 34.7. The number of anilines is 1. The Morgan fingerprint density at radius 1 is 1.08 bits per heavy atom. The first-order valence-corrected chi connectivity index (χ1v) is 8.85. The summed E-state index contributed by atoms with van der Waals surface area (Å²) in [7, 11) is -1.21. The number of ether oxygens (including phenoxy) is 2. The van der Waals surface area contributed by atoms with E-state index in [-0.39, 0.29) is 4.90 Å². The molecule has 0 aliphatic rings. The Morgan fingerprint density at radius 3 is 2.19 bits per heavy atom. The number of nitriles is 1. The van der Waals surface area contributed by atoms with Crippen molar-refractivity contribution in [2.45, 2.75) is 4.90 Å². The molecule has 0 saturated heterocycles. The third-order valence-corrected chi connectivity index (χ3v) is 5.13. The van der Waals surface area contributed by atoms with Gasteiger partial charge in [-0.3, -0.25) is 0 Å². The van der Waals surface area contributed by atoms with Gasteiger partial charge in [0.15, 0.2) is 4.91 Å². The maximum atomic E-state index is 12.5. The summed E-state index contributed by atoms with van der Waals surface area (Å²) in [6.07, 6.45) is 1.10. The second-order valence-corrected chi connectivity index (χ2v) is 6.93. The van der Waals surface area contributed by atoms with E-state index in [1.165, 1.54) is 50.6 Å². The smallest absolute Gasteiger partial charge is 0.337 e. The number of carbonyl (C=O) groups excluding carboxylic acids is 1. The molecule has 0 aliphatic carbocycles. The first-order chi connectivity index (χ1) is 12.4. The molecule has 134 valence electrons. The average Bonchev–Trinajstić information content (AvgIpc) is 2.68. The van der Waals surface area contributed by atoms with E-state index in [1.807, 2.05) is 0 Å². The van der Waals surface area contributed by atoms with Crippen LogP contribution in [0.3, 0.4) is 0 Å². The zero-order valence-corrected chi connectivity index (χ0v) is 14.9. The number of hydrogen-bond donors (Lipinski definition) is 1. The molecular formula is C18H16N2O5S. The second-order valence-electron chi connectivity index (χ2n) is 5.01. The molecule has 2 rings (SSSR count). The van der Waals surface area contributed by atoms with Crippen molar-refractivity contribution in [3.63, 3.8) is 0 Å². The highest BCUT2D eigenvalue weighted by atomic mass is 32.2. The highest BCUT2D eigenvalue weighted by molar-refractivity contribution is 7.95. The number of sulfone groups is 1. The van der Waals surface area contributed by atoms with Gasteiger partial charge in [0.25, 0.3) is 0 Å². The monoisotopic (exact) mass is 372 g/mol. The molecule has 2 aromatic rings. The van der Waals surface area contributed by atoms with E-state index in [9.17, 15) is 18.5 Å². The maximum absolute atomic E-state index is 12.5. The average molecular weight is 372 g/mol. The van der Waals surface area contributed by atoms with Crippen LogP contribution < -0.4 is 10.1 Å². The van der Waals surface area contributed by atoms with Gasteiger partial charge in [0, 0.05) is 11.9 Å². The van der Waals surface area contributed by atoms with E-state index in [0.29, 0.717) is 17.0 Å². The molecule has 0 bridgehead atoms. The molecule has 0 radical (unpaired) electrons. The largest absolute Gasteiger partial charge is 0.497 e. The van der Waals surface area contributed by atoms with Gasteiger partial charge in [0.2, 0.25) is 9.84 Å². The number of methoxy groups -OCH3 is 2. The lowest BCUT2D eigenvalue weighted by Gasteiger charge is -2.06. The van der Waals surface area contributed by atoms with Gasteiger partial charge in [-0.15, -0.1) is 0 Å². The van der Waals surface area contributed by atoms with E-state index >= 15 is 0 Å². The lowest BCUT2D eigenvalue weighted by Crippen LogP contribution is -2.06. The van der Waals surface area contributed by atoms with Crippen LogP contribution in [-0.2, 0) is 14.6 Å². The van der Waals surface area contributed by atoms with Crippen LogP contribution in [0.15, 0.2) is 64.5 Å². The molecule has 0 saturated carbocycles. The summed E-state index contributed by atoms with van der Waals surface area (Å²) in [5.41, 5.74) is 0.865. The van der Waals surface area contributed by atoms with Crippen LogP contribution in [0, 0.1) is 11.3 Å². The molecule has 0 aliphatic heterocycles. The molecule has 1 N–H and O–H groups in total. The molecule has 7 nitrogen and oxygen atoms in total. The van der Waals surface area contributed by atoms with E-state index in [2.05, 4.69) is 10.1 Å². The van der Waals surface area contributed by atoms with Gasteiger partial charge >= 0.3 is 5.97 Å². The van der Waals surface area contributed by atoms with Gasteiger partial charge in [-0.05, 0) is 48.5 Å².